The topological polar surface area (TPSA) is 54.0 Å². The molecule has 7 heteroatoms. The molecule has 2 aromatic rings. The second-order valence-corrected chi connectivity index (χ2v) is 7.68. The lowest BCUT2D eigenvalue weighted by atomic mass is 10.1. The van der Waals surface area contributed by atoms with Crippen molar-refractivity contribution in [3.05, 3.63) is 41.2 Å². The van der Waals surface area contributed by atoms with Gasteiger partial charge in [0.2, 0.25) is 5.95 Å². The fourth-order valence-electron chi connectivity index (χ4n) is 4.23. The van der Waals surface area contributed by atoms with E-state index in [-0.39, 0.29) is 0 Å². The minimum atomic E-state index is 0.776. The van der Waals surface area contributed by atoms with E-state index in [1.165, 1.54) is 11.3 Å². The zero-order chi connectivity index (χ0) is 20.2. The van der Waals surface area contributed by atoms with Gasteiger partial charge >= 0.3 is 0 Å². The van der Waals surface area contributed by atoms with Gasteiger partial charge in [0.25, 0.3) is 0 Å². The lowest BCUT2D eigenvalue weighted by Gasteiger charge is -2.35. The van der Waals surface area contributed by atoms with Crippen LogP contribution in [0.15, 0.2) is 24.4 Å². The fourth-order valence-corrected chi connectivity index (χ4v) is 4.23. The highest BCUT2D eigenvalue weighted by molar-refractivity contribution is 5.46. The first-order valence-corrected chi connectivity index (χ1v) is 10.5. The summed E-state index contributed by atoms with van der Waals surface area (Å²) in [5.74, 6) is 2.49. The van der Waals surface area contributed by atoms with E-state index >= 15 is 0 Å². The smallest absolute Gasteiger partial charge is 0.225 e. The number of likely N-dealkylation sites (N-methyl/N-ethyl adjacent to an activating group) is 1. The average Bonchev–Trinajstić information content (AvgIpc) is 2.78. The molecule has 0 amide bonds. The number of fused-ring (bicyclic) bond motifs is 1. The fraction of sp³-hybridized carbons (Fsp3) is 0.545. The lowest BCUT2D eigenvalue weighted by molar-refractivity contribution is 0.237. The first kappa shape index (κ1) is 19.9. The standard InChI is InChI=1S/C22H31N5O2/c1-4-25-10-12-27(13-11-25)22-23-14-18-16-26(9-8-19(18)24-22)15-17-6-5-7-20(28-2)21(17)29-3/h5-7,14H,4,8-13,15-16H2,1-3H3. The molecule has 0 radical (unpaired) electrons. The normalized spacial score (nSPS) is 17.8. The number of benzene rings is 1. The number of rotatable bonds is 6. The number of hydrogen-bond acceptors (Lipinski definition) is 7. The molecule has 1 saturated heterocycles. The molecule has 0 bridgehead atoms. The van der Waals surface area contributed by atoms with Crippen molar-refractivity contribution in [2.24, 2.45) is 0 Å². The van der Waals surface area contributed by atoms with Crippen molar-refractivity contribution in [3.63, 3.8) is 0 Å². The molecule has 7 nitrogen and oxygen atoms in total. The Balaban J connectivity index is 1.43. The maximum Gasteiger partial charge on any atom is 0.225 e. The molecule has 4 rings (SSSR count). The third-order valence-electron chi connectivity index (χ3n) is 5.98. The number of aromatic nitrogens is 2. The highest BCUT2D eigenvalue weighted by atomic mass is 16.5. The van der Waals surface area contributed by atoms with E-state index in [1.807, 2.05) is 18.3 Å². The summed E-state index contributed by atoms with van der Waals surface area (Å²) >= 11 is 0. The molecule has 0 spiro atoms. The van der Waals surface area contributed by atoms with Crippen molar-refractivity contribution in [1.29, 1.82) is 0 Å². The van der Waals surface area contributed by atoms with E-state index in [2.05, 4.69) is 27.7 Å². The number of hydrogen-bond donors (Lipinski definition) is 0. The molecule has 0 saturated carbocycles. The zero-order valence-corrected chi connectivity index (χ0v) is 17.7. The summed E-state index contributed by atoms with van der Waals surface area (Å²) in [7, 11) is 3.37. The maximum absolute atomic E-state index is 5.59. The van der Waals surface area contributed by atoms with Crippen LogP contribution >= 0.6 is 0 Å². The number of para-hydroxylation sites is 1. The van der Waals surface area contributed by atoms with Gasteiger partial charge in [-0.25, -0.2) is 9.97 Å². The predicted octanol–water partition coefficient (Wildman–Crippen LogP) is 2.19. The minimum absolute atomic E-state index is 0.776. The number of piperazine rings is 1. The largest absolute Gasteiger partial charge is 0.493 e. The van der Waals surface area contributed by atoms with E-state index < -0.39 is 0 Å². The van der Waals surface area contributed by atoms with Gasteiger partial charge < -0.3 is 19.3 Å². The predicted molar refractivity (Wildman–Crippen MR) is 114 cm³/mol. The molecule has 1 aromatic heterocycles. The SMILES string of the molecule is CCN1CCN(c2ncc3c(n2)CCN(Cc2cccc(OC)c2OC)C3)CC1. The van der Waals surface area contributed by atoms with Crippen molar-refractivity contribution in [1.82, 2.24) is 19.8 Å². The first-order valence-electron chi connectivity index (χ1n) is 10.5. The molecular weight excluding hydrogens is 366 g/mol. The van der Waals surface area contributed by atoms with E-state index in [9.17, 15) is 0 Å². The maximum atomic E-state index is 5.59. The summed E-state index contributed by atoms with van der Waals surface area (Å²) in [5, 5.41) is 0. The summed E-state index contributed by atoms with van der Waals surface area (Å²) < 4.78 is 11.0. The van der Waals surface area contributed by atoms with E-state index in [4.69, 9.17) is 19.4 Å². The Labute approximate surface area is 173 Å². The lowest BCUT2D eigenvalue weighted by Crippen LogP contribution is -2.47. The van der Waals surface area contributed by atoms with E-state index in [0.717, 1.165) is 81.8 Å². The third-order valence-corrected chi connectivity index (χ3v) is 5.98. The van der Waals surface area contributed by atoms with Gasteiger partial charge in [0.05, 0.1) is 19.9 Å². The Hall–Kier alpha value is -2.38. The summed E-state index contributed by atoms with van der Waals surface area (Å²) in [6, 6.07) is 6.05. The number of ether oxygens (including phenoxy) is 2. The molecule has 1 fully saturated rings. The second kappa shape index (κ2) is 8.97. The van der Waals surface area contributed by atoms with Crippen LogP contribution in [0.25, 0.3) is 0 Å². The summed E-state index contributed by atoms with van der Waals surface area (Å²) in [4.78, 5) is 16.8. The van der Waals surface area contributed by atoms with Gasteiger partial charge in [0, 0.05) is 69.6 Å². The molecule has 156 valence electrons. The van der Waals surface area contributed by atoms with Crippen LogP contribution in [0.5, 0.6) is 11.5 Å². The molecule has 1 aromatic carbocycles. The molecule has 0 aliphatic carbocycles. The van der Waals surface area contributed by atoms with Crippen LogP contribution < -0.4 is 14.4 Å². The average molecular weight is 398 g/mol. The van der Waals surface area contributed by atoms with Crippen LogP contribution in [0.4, 0.5) is 5.95 Å². The molecule has 3 heterocycles. The van der Waals surface area contributed by atoms with Crippen LogP contribution in [0.1, 0.15) is 23.7 Å². The number of nitrogens with zero attached hydrogens (tertiary/aromatic N) is 5. The Kier molecular flexibility index (Phi) is 6.16. The van der Waals surface area contributed by atoms with Crippen LogP contribution in [-0.2, 0) is 19.5 Å². The first-order chi connectivity index (χ1) is 14.2. The second-order valence-electron chi connectivity index (χ2n) is 7.68. The zero-order valence-electron chi connectivity index (χ0n) is 17.7. The highest BCUT2D eigenvalue weighted by Crippen LogP contribution is 2.32. The van der Waals surface area contributed by atoms with Gasteiger partial charge in [-0.05, 0) is 12.6 Å². The molecular formula is C22H31N5O2. The minimum Gasteiger partial charge on any atom is -0.493 e. The molecule has 2 aliphatic heterocycles. The molecule has 2 aliphatic rings. The van der Waals surface area contributed by atoms with Crippen molar-refractivity contribution in [2.45, 2.75) is 26.4 Å². The third kappa shape index (κ3) is 4.31. The van der Waals surface area contributed by atoms with Gasteiger partial charge in [-0.1, -0.05) is 19.1 Å². The Morgan fingerprint density at radius 2 is 1.83 bits per heavy atom. The highest BCUT2D eigenvalue weighted by Gasteiger charge is 2.23. The number of methoxy groups -OCH3 is 2. The monoisotopic (exact) mass is 397 g/mol. The number of anilines is 1. The van der Waals surface area contributed by atoms with Crippen molar-refractivity contribution >= 4 is 5.95 Å². The van der Waals surface area contributed by atoms with Crippen LogP contribution in [0.2, 0.25) is 0 Å². The van der Waals surface area contributed by atoms with Crippen LogP contribution in [-0.4, -0.2) is 73.3 Å². The summed E-state index contributed by atoms with van der Waals surface area (Å²) in [6.45, 7) is 10.2. The van der Waals surface area contributed by atoms with Crippen LogP contribution in [0.3, 0.4) is 0 Å². The summed E-state index contributed by atoms with van der Waals surface area (Å²) in [6.07, 6.45) is 2.98. The molecule has 29 heavy (non-hydrogen) atoms. The Morgan fingerprint density at radius 1 is 1.00 bits per heavy atom. The Morgan fingerprint density at radius 3 is 2.55 bits per heavy atom. The van der Waals surface area contributed by atoms with Crippen molar-refractivity contribution < 1.29 is 9.47 Å². The van der Waals surface area contributed by atoms with Crippen LogP contribution in [0, 0.1) is 0 Å². The molecule has 0 unspecified atom stereocenters. The van der Waals surface area contributed by atoms with Gasteiger partial charge in [-0.2, -0.15) is 0 Å². The van der Waals surface area contributed by atoms with Gasteiger partial charge in [0.1, 0.15) is 0 Å². The summed E-state index contributed by atoms with van der Waals surface area (Å²) in [5.41, 5.74) is 3.57. The molecule has 0 atom stereocenters. The quantitative estimate of drug-likeness (QED) is 0.741. The van der Waals surface area contributed by atoms with E-state index in [1.54, 1.807) is 14.2 Å². The Bertz CT molecular complexity index is 836. The van der Waals surface area contributed by atoms with Gasteiger partial charge in [-0.3, -0.25) is 4.90 Å². The van der Waals surface area contributed by atoms with E-state index in [0.29, 0.717) is 0 Å². The van der Waals surface area contributed by atoms with Crippen molar-refractivity contribution in [2.75, 3.05) is 58.4 Å². The van der Waals surface area contributed by atoms with Gasteiger partial charge in [0.15, 0.2) is 11.5 Å². The van der Waals surface area contributed by atoms with Crippen molar-refractivity contribution in [3.8, 4) is 11.5 Å². The molecule has 0 N–H and O–H groups in total. The van der Waals surface area contributed by atoms with Gasteiger partial charge in [-0.15, -0.1) is 0 Å².